The van der Waals surface area contributed by atoms with Gasteiger partial charge in [0.05, 0.1) is 5.75 Å². The van der Waals surface area contributed by atoms with Crippen LogP contribution in [0.1, 0.15) is 25.7 Å². The summed E-state index contributed by atoms with van der Waals surface area (Å²) in [5, 5.41) is 8.97. The molecule has 0 aromatic rings. The average Bonchev–Trinajstić information content (AvgIpc) is 2.26. The van der Waals surface area contributed by atoms with Crippen molar-refractivity contribution < 1.29 is 18.3 Å². The molecule has 0 amide bonds. The van der Waals surface area contributed by atoms with Crippen LogP contribution in [0.5, 0.6) is 0 Å². The largest absolute Gasteiger partial charge is 0.480 e. The summed E-state index contributed by atoms with van der Waals surface area (Å²) in [7, 11) is -3.46. The van der Waals surface area contributed by atoms with Gasteiger partial charge in [-0.05, 0) is 25.7 Å². The Bertz CT molecular complexity index is 363. The lowest BCUT2D eigenvalue weighted by atomic mass is 10.1. The van der Waals surface area contributed by atoms with Crippen molar-refractivity contribution in [2.45, 2.75) is 31.7 Å². The van der Waals surface area contributed by atoms with Crippen molar-refractivity contribution >= 4 is 16.0 Å². The number of carbonyl (C=O) groups is 1. The minimum absolute atomic E-state index is 0.0553. The summed E-state index contributed by atoms with van der Waals surface area (Å²) in [6.07, 6.45) is 3.78. The normalized spacial score (nSPS) is 22.9. The minimum Gasteiger partial charge on any atom is -0.480 e. The Balaban J connectivity index is 2.81. The molecule has 0 saturated carbocycles. The standard InChI is InChI=1S/C10H17NO4S/c1-2-3-8-16(14,15)11-7-5-4-6-9(11)10(12)13/h2,9H,1,3-8H2,(H,12,13). The molecule has 0 spiro atoms. The number of piperidine rings is 1. The first kappa shape index (κ1) is 13.2. The molecule has 1 atom stereocenters. The van der Waals surface area contributed by atoms with E-state index in [0.717, 1.165) is 17.1 Å². The molecule has 0 aromatic heterocycles. The van der Waals surface area contributed by atoms with Crippen molar-refractivity contribution in [3.8, 4) is 0 Å². The molecule has 1 fully saturated rings. The Morgan fingerprint density at radius 1 is 1.50 bits per heavy atom. The van der Waals surface area contributed by atoms with Gasteiger partial charge < -0.3 is 5.11 Å². The number of hydrogen-bond acceptors (Lipinski definition) is 3. The molecule has 1 aliphatic heterocycles. The molecule has 0 aromatic carbocycles. The van der Waals surface area contributed by atoms with Crippen molar-refractivity contribution in [2.75, 3.05) is 12.3 Å². The van der Waals surface area contributed by atoms with Gasteiger partial charge in [0.25, 0.3) is 0 Å². The minimum atomic E-state index is -3.46. The van der Waals surface area contributed by atoms with Gasteiger partial charge in [0.2, 0.25) is 10.0 Å². The van der Waals surface area contributed by atoms with Crippen LogP contribution in [-0.4, -0.2) is 42.1 Å². The number of aliphatic carboxylic acids is 1. The number of rotatable bonds is 5. The van der Waals surface area contributed by atoms with Gasteiger partial charge in [0.15, 0.2) is 0 Å². The number of carboxylic acid groups (broad SMARTS) is 1. The lowest BCUT2D eigenvalue weighted by Gasteiger charge is -2.31. The summed E-state index contributed by atoms with van der Waals surface area (Å²) < 4.78 is 24.9. The molecule has 1 heterocycles. The van der Waals surface area contributed by atoms with Crippen LogP contribution in [0.4, 0.5) is 0 Å². The molecule has 0 aliphatic carbocycles. The molecule has 5 nitrogen and oxygen atoms in total. The predicted octanol–water partition coefficient (Wildman–Crippen LogP) is 0.831. The molecule has 0 bridgehead atoms. The molecule has 6 heteroatoms. The number of carboxylic acids is 1. The van der Waals surface area contributed by atoms with Crippen molar-refractivity contribution in [1.29, 1.82) is 0 Å². The highest BCUT2D eigenvalue weighted by molar-refractivity contribution is 7.89. The van der Waals surface area contributed by atoms with Crippen molar-refractivity contribution in [3.63, 3.8) is 0 Å². The van der Waals surface area contributed by atoms with Gasteiger partial charge in [-0.3, -0.25) is 4.79 Å². The van der Waals surface area contributed by atoms with E-state index in [1.807, 2.05) is 0 Å². The van der Waals surface area contributed by atoms with Gasteiger partial charge in [0, 0.05) is 6.54 Å². The Labute approximate surface area is 95.8 Å². The van der Waals surface area contributed by atoms with Gasteiger partial charge in [-0.15, -0.1) is 6.58 Å². The summed E-state index contributed by atoms with van der Waals surface area (Å²) in [5.41, 5.74) is 0. The molecular formula is C10H17NO4S. The zero-order chi connectivity index (χ0) is 12.2. The first-order valence-electron chi connectivity index (χ1n) is 5.32. The summed E-state index contributed by atoms with van der Waals surface area (Å²) >= 11 is 0. The van der Waals surface area contributed by atoms with Gasteiger partial charge in [-0.1, -0.05) is 6.08 Å². The Morgan fingerprint density at radius 3 is 2.75 bits per heavy atom. The van der Waals surface area contributed by atoms with Crippen LogP contribution < -0.4 is 0 Å². The zero-order valence-electron chi connectivity index (χ0n) is 9.13. The lowest BCUT2D eigenvalue weighted by molar-refractivity contribution is -0.142. The molecule has 1 saturated heterocycles. The number of allylic oxidation sites excluding steroid dienone is 1. The molecule has 92 valence electrons. The van der Waals surface area contributed by atoms with E-state index < -0.39 is 22.0 Å². The second-order valence-electron chi connectivity index (χ2n) is 3.85. The smallest absolute Gasteiger partial charge is 0.322 e. The third kappa shape index (κ3) is 3.05. The molecule has 1 aliphatic rings. The van der Waals surface area contributed by atoms with Crippen molar-refractivity contribution in [2.24, 2.45) is 0 Å². The maximum atomic E-state index is 11.9. The second-order valence-corrected chi connectivity index (χ2v) is 5.89. The number of nitrogens with zero attached hydrogens (tertiary/aromatic N) is 1. The van der Waals surface area contributed by atoms with Crippen LogP contribution >= 0.6 is 0 Å². The van der Waals surface area contributed by atoms with Crippen LogP contribution in [0, 0.1) is 0 Å². The quantitative estimate of drug-likeness (QED) is 0.730. The highest BCUT2D eigenvalue weighted by atomic mass is 32.2. The summed E-state index contributed by atoms with van der Waals surface area (Å²) in [6.45, 7) is 3.78. The molecule has 1 N–H and O–H groups in total. The second kappa shape index (κ2) is 5.45. The maximum absolute atomic E-state index is 11.9. The molecule has 0 radical (unpaired) electrons. The van der Waals surface area contributed by atoms with E-state index in [-0.39, 0.29) is 5.75 Å². The molecular weight excluding hydrogens is 230 g/mol. The SMILES string of the molecule is C=CCCS(=O)(=O)N1CCCCC1C(=O)O. The first-order valence-corrected chi connectivity index (χ1v) is 6.93. The molecule has 16 heavy (non-hydrogen) atoms. The number of sulfonamides is 1. The van der Waals surface area contributed by atoms with E-state index in [9.17, 15) is 13.2 Å². The van der Waals surface area contributed by atoms with Crippen LogP contribution in [0.25, 0.3) is 0 Å². The third-order valence-corrected chi connectivity index (χ3v) is 4.58. The fourth-order valence-corrected chi connectivity index (χ4v) is 3.52. The van der Waals surface area contributed by atoms with Crippen LogP contribution in [0.3, 0.4) is 0 Å². The average molecular weight is 247 g/mol. The Hall–Kier alpha value is -0.880. The van der Waals surface area contributed by atoms with Crippen molar-refractivity contribution in [1.82, 2.24) is 4.31 Å². The highest BCUT2D eigenvalue weighted by Crippen LogP contribution is 2.21. The van der Waals surface area contributed by atoms with Crippen LogP contribution in [-0.2, 0) is 14.8 Å². The van der Waals surface area contributed by atoms with E-state index in [0.29, 0.717) is 19.4 Å². The lowest BCUT2D eigenvalue weighted by Crippen LogP contribution is -2.48. The van der Waals surface area contributed by atoms with E-state index in [1.165, 1.54) is 6.08 Å². The fourth-order valence-electron chi connectivity index (χ4n) is 1.83. The number of hydrogen-bond donors (Lipinski definition) is 1. The monoisotopic (exact) mass is 247 g/mol. The van der Waals surface area contributed by atoms with Crippen molar-refractivity contribution in [3.05, 3.63) is 12.7 Å². The fraction of sp³-hybridized carbons (Fsp3) is 0.700. The van der Waals surface area contributed by atoms with Gasteiger partial charge in [0.1, 0.15) is 6.04 Å². The topological polar surface area (TPSA) is 74.7 Å². The summed E-state index contributed by atoms with van der Waals surface area (Å²) in [6, 6.07) is -0.886. The van der Waals surface area contributed by atoms with E-state index in [1.54, 1.807) is 0 Å². The van der Waals surface area contributed by atoms with E-state index >= 15 is 0 Å². The Kier molecular flexibility index (Phi) is 4.49. The van der Waals surface area contributed by atoms with Gasteiger partial charge in [-0.2, -0.15) is 4.31 Å². The van der Waals surface area contributed by atoms with Crippen LogP contribution in [0.15, 0.2) is 12.7 Å². The van der Waals surface area contributed by atoms with E-state index in [4.69, 9.17) is 5.11 Å². The van der Waals surface area contributed by atoms with Gasteiger partial charge in [-0.25, -0.2) is 8.42 Å². The van der Waals surface area contributed by atoms with Gasteiger partial charge >= 0.3 is 5.97 Å². The summed E-state index contributed by atoms with van der Waals surface area (Å²) in [4.78, 5) is 11.0. The maximum Gasteiger partial charge on any atom is 0.322 e. The summed E-state index contributed by atoms with van der Waals surface area (Å²) in [5.74, 6) is -1.11. The molecule has 1 unspecified atom stereocenters. The molecule has 1 rings (SSSR count). The Morgan fingerprint density at radius 2 is 2.19 bits per heavy atom. The first-order chi connectivity index (χ1) is 7.49. The third-order valence-electron chi connectivity index (χ3n) is 2.68. The zero-order valence-corrected chi connectivity index (χ0v) is 9.95. The van der Waals surface area contributed by atoms with Crippen LogP contribution in [0.2, 0.25) is 0 Å². The highest BCUT2D eigenvalue weighted by Gasteiger charge is 2.35. The van der Waals surface area contributed by atoms with E-state index in [2.05, 4.69) is 6.58 Å². The predicted molar refractivity (Wildman–Crippen MR) is 60.6 cm³/mol.